The van der Waals surface area contributed by atoms with Gasteiger partial charge in [-0.2, -0.15) is 0 Å². The number of nitrogens with one attached hydrogen (secondary N) is 1. The summed E-state index contributed by atoms with van der Waals surface area (Å²) in [6, 6.07) is 3.52. The Kier molecular flexibility index (Phi) is 3.03. The molecular formula is C9H14N2OS. The van der Waals surface area contributed by atoms with Crippen LogP contribution in [0.2, 0.25) is 0 Å². The van der Waals surface area contributed by atoms with Crippen LogP contribution in [-0.4, -0.2) is 14.9 Å². The number of hydrogen-bond donors (Lipinski definition) is 1. The predicted molar refractivity (Wildman–Crippen MR) is 53.3 cm³/mol. The molecule has 1 unspecified atom stereocenters. The highest BCUT2D eigenvalue weighted by Crippen LogP contribution is 2.11. The van der Waals surface area contributed by atoms with Crippen LogP contribution in [0.25, 0.3) is 0 Å². The van der Waals surface area contributed by atoms with Crippen molar-refractivity contribution in [2.24, 2.45) is 0 Å². The fraction of sp³-hybridized carbons (Fsp3) is 0.444. The Hall–Kier alpha value is -0.900. The fourth-order valence-electron chi connectivity index (χ4n) is 1.05. The lowest BCUT2D eigenvalue weighted by Crippen LogP contribution is -2.04. The third-order valence-corrected chi connectivity index (χ3v) is 3.74. The van der Waals surface area contributed by atoms with Gasteiger partial charge in [0.15, 0.2) is 0 Å². The summed E-state index contributed by atoms with van der Waals surface area (Å²) in [6.45, 7) is 3.80. The van der Waals surface area contributed by atoms with Gasteiger partial charge in [0.05, 0.1) is 14.6 Å². The smallest absolute Gasteiger partial charge is 0.0741 e. The average Bonchev–Trinajstić information content (AvgIpc) is 2.05. The summed E-state index contributed by atoms with van der Waals surface area (Å²) in [4.78, 5) is 4.57. The van der Waals surface area contributed by atoms with Crippen LogP contribution >= 0.6 is 0 Å². The molecule has 1 rings (SSSR count). The minimum absolute atomic E-state index is 0.414. The molecule has 1 N–H and O–H groups in total. The number of rotatable bonds is 3. The van der Waals surface area contributed by atoms with E-state index in [9.17, 15) is 4.21 Å². The highest BCUT2D eigenvalue weighted by molar-refractivity contribution is 7.92. The molecule has 1 aromatic heterocycles. The van der Waals surface area contributed by atoms with Gasteiger partial charge in [0.1, 0.15) is 0 Å². The monoisotopic (exact) mass is 198 g/mol. The first-order valence-electron chi connectivity index (χ1n) is 4.25. The third-order valence-electron chi connectivity index (χ3n) is 1.76. The minimum Gasteiger partial charge on any atom is -0.260 e. The fourth-order valence-corrected chi connectivity index (χ4v) is 2.38. The lowest BCUT2D eigenvalue weighted by Gasteiger charge is -2.04. The van der Waals surface area contributed by atoms with Gasteiger partial charge < -0.3 is 0 Å². The lowest BCUT2D eigenvalue weighted by atomic mass is 10.4. The molecule has 72 valence electrons. The lowest BCUT2D eigenvalue weighted by molar-refractivity contribution is 0.673. The van der Waals surface area contributed by atoms with Crippen molar-refractivity contribution < 1.29 is 4.21 Å². The summed E-state index contributed by atoms with van der Waals surface area (Å²) in [5, 5.41) is 0. The average molecular weight is 198 g/mol. The molecule has 0 aliphatic rings. The summed E-state index contributed by atoms with van der Waals surface area (Å²) in [6.07, 6.45) is 2.30. The normalized spacial score (nSPS) is 15.2. The zero-order valence-electron chi connectivity index (χ0n) is 7.91. The summed E-state index contributed by atoms with van der Waals surface area (Å²) < 4.78 is 19.4. The molecule has 0 radical (unpaired) electrons. The standard InChI is InChI=1S/C9H14N2OS/c1-3-6-13(10,12)9-5-4-8(2)11-7-9/h4-5,7,10H,3,6H2,1-2H3. The van der Waals surface area contributed by atoms with Crippen LogP contribution in [0.15, 0.2) is 23.2 Å². The van der Waals surface area contributed by atoms with E-state index in [0.717, 1.165) is 12.1 Å². The first kappa shape index (κ1) is 10.2. The minimum atomic E-state index is -2.59. The Labute approximate surface area is 79.2 Å². The van der Waals surface area contributed by atoms with Gasteiger partial charge in [0.25, 0.3) is 0 Å². The zero-order valence-corrected chi connectivity index (χ0v) is 8.73. The van der Waals surface area contributed by atoms with Crippen LogP contribution < -0.4 is 0 Å². The van der Waals surface area contributed by atoms with Crippen LogP contribution in [-0.2, 0) is 9.73 Å². The van der Waals surface area contributed by atoms with Crippen molar-refractivity contribution in [3.8, 4) is 0 Å². The van der Waals surface area contributed by atoms with Gasteiger partial charge in [-0.05, 0) is 25.5 Å². The van der Waals surface area contributed by atoms with Crippen molar-refractivity contribution in [1.82, 2.24) is 4.98 Å². The van der Waals surface area contributed by atoms with Gasteiger partial charge in [-0.15, -0.1) is 0 Å². The van der Waals surface area contributed by atoms with Crippen LogP contribution in [0.1, 0.15) is 19.0 Å². The van der Waals surface area contributed by atoms with Gasteiger partial charge in [0, 0.05) is 17.6 Å². The molecule has 1 atom stereocenters. The van der Waals surface area contributed by atoms with E-state index in [1.807, 2.05) is 13.8 Å². The van der Waals surface area contributed by atoms with Gasteiger partial charge in [-0.25, -0.2) is 8.99 Å². The second-order valence-electron chi connectivity index (χ2n) is 3.01. The number of aromatic nitrogens is 1. The molecule has 0 saturated heterocycles. The zero-order chi connectivity index (χ0) is 9.90. The second kappa shape index (κ2) is 3.87. The van der Waals surface area contributed by atoms with Crippen molar-refractivity contribution in [2.75, 3.05) is 5.75 Å². The number of nitrogens with zero attached hydrogens (tertiary/aromatic N) is 1. The molecule has 0 aromatic carbocycles. The van der Waals surface area contributed by atoms with E-state index in [4.69, 9.17) is 4.78 Å². The quantitative estimate of drug-likeness (QED) is 0.809. The molecule has 1 heterocycles. The first-order valence-corrected chi connectivity index (χ1v) is 5.98. The third kappa shape index (κ3) is 2.52. The van der Waals surface area contributed by atoms with Crippen molar-refractivity contribution in [2.45, 2.75) is 25.2 Å². The first-order chi connectivity index (χ1) is 6.06. The molecule has 13 heavy (non-hydrogen) atoms. The Balaban J connectivity index is 3.02. The molecule has 4 heteroatoms. The van der Waals surface area contributed by atoms with E-state index >= 15 is 0 Å². The van der Waals surface area contributed by atoms with Crippen molar-refractivity contribution >= 4 is 9.73 Å². The molecule has 0 spiro atoms. The maximum Gasteiger partial charge on any atom is 0.0741 e. The molecule has 0 saturated carbocycles. The molecule has 0 aliphatic heterocycles. The van der Waals surface area contributed by atoms with Crippen LogP contribution in [0, 0.1) is 11.7 Å². The van der Waals surface area contributed by atoms with Gasteiger partial charge in [0.2, 0.25) is 0 Å². The molecule has 3 nitrogen and oxygen atoms in total. The van der Waals surface area contributed by atoms with Crippen molar-refractivity contribution in [3.63, 3.8) is 0 Å². The van der Waals surface area contributed by atoms with Crippen LogP contribution in [0.5, 0.6) is 0 Å². The van der Waals surface area contributed by atoms with Gasteiger partial charge in [-0.3, -0.25) is 4.98 Å². The molecule has 0 aliphatic carbocycles. The van der Waals surface area contributed by atoms with Crippen molar-refractivity contribution in [1.29, 1.82) is 4.78 Å². The Morgan fingerprint density at radius 3 is 2.69 bits per heavy atom. The molecule has 0 fully saturated rings. The Morgan fingerprint density at radius 2 is 2.23 bits per heavy atom. The van der Waals surface area contributed by atoms with E-state index < -0.39 is 9.73 Å². The largest absolute Gasteiger partial charge is 0.260 e. The highest BCUT2D eigenvalue weighted by atomic mass is 32.2. The maximum absolute atomic E-state index is 11.7. The molecule has 0 amide bonds. The van der Waals surface area contributed by atoms with E-state index in [0.29, 0.717) is 10.6 Å². The van der Waals surface area contributed by atoms with E-state index in [2.05, 4.69) is 4.98 Å². The Bertz CT molecular complexity index is 367. The van der Waals surface area contributed by atoms with E-state index in [-0.39, 0.29) is 0 Å². The second-order valence-corrected chi connectivity index (χ2v) is 5.24. The van der Waals surface area contributed by atoms with Crippen LogP contribution in [0.3, 0.4) is 0 Å². The summed E-state index contributed by atoms with van der Waals surface area (Å²) in [5.74, 6) is 0.414. The number of hydrogen-bond acceptors (Lipinski definition) is 3. The van der Waals surface area contributed by atoms with E-state index in [1.54, 1.807) is 18.3 Å². The van der Waals surface area contributed by atoms with Gasteiger partial charge >= 0.3 is 0 Å². The summed E-state index contributed by atoms with van der Waals surface area (Å²) >= 11 is 0. The Morgan fingerprint density at radius 1 is 1.54 bits per heavy atom. The SMILES string of the molecule is CCCS(=N)(=O)c1ccc(C)nc1. The topological polar surface area (TPSA) is 53.8 Å². The van der Waals surface area contributed by atoms with E-state index in [1.165, 1.54) is 0 Å². The molecule has 0 bridgehead atoms. The molecular weight excluding hydrogens is 184 g/mol. The molecule has 1 aromatic rings. The summed E-state index contributed by atoms with van der Waals surface area (Å²) in [7, 11) is -2.59. The number of aryl methyl sites for hydroxylation is 1. The number of pyridine rings is 1. The van der Waals surface area contributed by atoms with Gasteiger partial charge in [-0.1, -0.05) is 6.92 Å². The predicted octanol–water partition coefficient (Wildman–Crippen LogP) is 2.21. The summed E-state index contributed by atoms with van der Waals surface area (Å²) in [5.41, 5.74) is 0.885. The van der Waals surface area contributed by atoms with Crippen LogP contribution in [0.4, 0.5) is 0 Å². The maximum atomic E-state index is 11.7. The van der Waals surface area contributed by atoms with Crippen molar-refractivity contribution in [3.05, 3.63) is 24.0 Å². The highest BCUT2D eigenvalue weighted by Gasteiger charge is 2.08.